The molecule has 2 aromatic rings. The summed E-state index contributed by atoms with van der Waals surface area (Å²) < 4.78 is 88.4. The highest BCUT2D eigenvalue weighted by Gasteiger charge is 2.77. The van der Waals surface area contributed by atoms with E-state index < -0.39 is 52.9 Å². The van der Waals surface area contributed by atoms with Gasteiger partial charge in [-0.1, -0.05) is 55.2 Å². The zero-order chi connectivity index (χ0) is 28.1. The minimum absolute atomic E-state index is 0.00363. The molecule has 0 aromatic heterocycles. The maximum Gasteiger partial charge on any atom is 0.421 e. The maximum atomic E-state index is 14.7. The molecule has 1 aliphatic carbocycles. The highest BCUT2D eigenvalue weighted by molar-refractivity contribution is 6.10. The second-order valence-corrected chi connectivity index (χ2v) is 9.47. The molecule has 5 nitrogen and oxygen atoms in total. The van der Waals surface area contributed by atoms with Crippen molar-refractivity contribution in [2.45, 2.75) is 69.9 Å². The molecule has 1 saturated carbocycles. The van der Waals surface area contributed by atoms with E-state index in [4.69, 9.17) is 0 Å². The van der Waals surface area contributed by atoms with Crippen LogP contribution in [0.2, 0.25) is 0 Å². The van der Waals surface area contributed by atoms with Gasteiger partial charge in [-0.05, 0) is 51.0 Å². The molecule has 11 heteroatoms. The lowest BCUT2D eigenvalue weighted by atomic mass is 9.77. The first-order chi connectivity index (χ1) is 17.8. The van der Waals surface area contributed by atoms with Gasteiger partial charge in [0.1, 0.15) is 5.92 Å². The summed E-state index contributed by atoms with van der Waals surface area (Å²) in [7, 11) is 0. The number of benzene rings is 2. The highest BCUT2D eigenvalue weighted by Crippen LogP contribution is 2.49. The number of anilines is 1. The average Bonchev–Trinajstić information content (AvgIpc) is 2.83. The van der Waals surface area contributed by atoms with Crippen molar-refractivity contribution in [3.05, 3.63) is 65.7 Å². The minimum Gasteiger partial charge on any atom is -0.329 e. The molecule has 2 amide bonds. The van der Waals surface area contributed by atoms with E-state index >= 15 is 0 Å². The number of carbonyl (C=O) groups excluding carboxylic acids is 2. The van der Waals surface area contributed by atoms with Gasteiger partial charge < -0.3 is 10.6 Å². The van der Waals surface area contributed by atoms with Crippen LogP contribution >= 0.6 is 0 Å². The monoisotopic (exact) mass is 541 g/mol. The van der Waals surface area contributed by atoms with Gasteiger partial charge in [0, 0.05) is 23.0 Å². The quantitative estimate of drug-likeness (QED) is 0.305. The van der Waals surface area contributed by atoms with Gasteiger partial charge >= 0.3 is 12.4 Å². The van der Waals surface area contributed by atoms with Crippen LogP contribution in [0.15, 0.2) is 59.6 Å². The van der Waals surface area contributed by atoms with Crippen LogP contribution in [0.1, 0.15) is 54.9 Å². The van der Waals surface area contributed by atoms with Gasteiger partial charge in [-0.3, -0.25) is 14.6 Å². The predicted molar refractivity (Wildman–Crippen MR) is 132 cm³/mol. The predicted octanol–water partition coefficient (Wildman–Crippen LogP) is 6.64. The summed E-state index contributed by atoms with van der Waals surface area (Å²) in [6.07, 6.45) is -8.96. The summed E-state index contributed by atoms with van der Waals surface area (Å²) in [5, 5.41) is 3.36. The van der Waals surface area contributed by atoms with Crippen LogP contribution < -0.4 is 10.6 Å². The van der Waals surface area contributed by atoms with E-state index in [-0.39, 0.29) is 5.69 Å². The summed E-state index contributed by atoms with van der Waals surface area (Å²) in [6, 6.07) is 11.6. The summed E-state index contributed by atoms with van der Waals surface area (Å²) >= 11 is 0. The first kappa shape index (κ1) is 29.2. The Balaban J connectivity index is 2.19. The molecule has 1 atom stereocenters. The number of nitrogens with one attached hydrogen (secondary N) is 2. The minimum atomic E-state index is -6.12. The van der Waals surface area contributed by atoms with Crippen molar-refractivity contribution in [1.29, 1.82) is 0 Å². The van der Waals surface area contributed by atoms with Gasteiger partial charge in [0.15, 0.2) is 0 Å². The Morgan fingerprint density at radius 1 is 0.868 bits per heavy atom. The van der Waals surface area contributed by atoms with Gasteiger partial charge in [0.2, 0.25) is 11.4 Å². The molecule has 206 valence electrons. The molecular formula is C27H29F6N3O2. The Morgan fingerprint density at radius 3 is 1.95 bits per heavy atom. The molecular weight excluding hydrogens is 512 g/mol. The van der Waals surface area contributed by atoms with Crippen LogP contribution in [0.3, 0.4) is 0 Å². The fourth-order valence-electron chi connectivity index (χ4n) is 4.67. The third-order valence-electron chi connectivity index (χ3n) is 6.63. The number of aliphatic imine (C=N–C) groups is 1. The van der Waals surface area contributed by atoms with Gasteiger partial charge in [-0.15, -0.1) is 0 Å². The van der Waals surface area contributed by atoms with Gasteiger partial charge in [-0.2, -0.15) is 26.3 Å². The molecule has 0 radical (unpaired) electrons. The van der Waals surface area contributed by atoms with Crippen LogP contribution in [0.4, 0.5) is 32.0 Å². The first-order valence-corrected chi connectivity index (χ1v) is 12.2. The second-order valence-electron chi connectivity index (χ2n) is 9.47. The second kappa shape index (κ2) is 11.6. The Kier molecular flexibility index (Phi) is 8.89. The summed E-state index contributed by atoms with van der Waals surface area (Å²) in [4.78, 5) is 30.4. The van der Waals surface area contributed by atoms with Crippen LogP contribution in [0, 0.1) is 12.8 Å². The molecule has 0 heterocycles. The van der Waals surface area contributed by atoms with Crippen molar-refractivity contribution in [3.8, 4) is 0 Å². The van der Waals surface area contributed by atoms with Crippen molar-refractivity contribution in [1.82, 2.24) is 5.32 Å². The van der Waals surface area contributed by atoms with E-state index in [1.54, 1.807) is 13.0 Å². The SMILES string of the molecule is CC(=NC1CCCCC1)[C@H](C(=O)Nc1ccccc1)C(NC(=O)c1ccc(C)cc1)(C(F)(F)F)C(F)(F)F. The normalized spacial score (nSPS) is 16.6. The molecule has 0 aliphatic heterocycles. The number of alkyl halides is 6. The van der Waals surface area contributed by atoms with Crippen molar-refractivity contribution < 1.29 is 35.9 Å². The van der Waals surface area contributed by atoms with E-state index in [0.717, 1.165) is 38.3 Å². The lowest BCUT2D eigenvalue weighted by molar-refractivity contribution is -0.310. The third-order valence-corrected chi connectivity index (χ3v) is 6.63. The van der Waals surface area contributed by atoms with Crippen molar-refractivity contribution in [2.24, 2.45) is 10.9 Å². The number of aryl methyl sites for hydroxylation is 1. The van der Waals surface area contributed by atoms with E-state index in [2.05, 4.69) is 10.3 Å². The lowest BCUT2D eigenvalue weighted by Crippen LogP contribution is -2.74. The standard InChI is InChI=1S/C27H29F6N3O2/c1-17-13-15-19(16-14-17)23(37)36-25(26(28,29)30,27(31,32)33)22(18(2)34-20-9-5-3-6-10-20)24(38)35-21-11-7-4-8-12-21/h4,7-8,11-16,20,22H,3,5-6,9-10H2,1-2H3,(H,35,38)(H,36,37)/t22-/m1/s1. The van der Waals surface area contributed by atoms with E-state index in [1.165, 1.54) is 41.7 Å². The summed E-state index contributed by atoms with van der Waals surface area (Å²) in [5.41, 5.74) is -5.39. The van der Waals surface area contributed by atoms with Gasteiger partial charge in [-0.25, -0.2) is 0 Å². The van der Waals surface area contributed by atoms with Crippen molar-refractivity contribution >= 4 is 23.2 Å². The smallest absolute Gasteiger partial charge is 0.329 e. The Bertz CT molecular complexity index is 1120. The maximum absolute atomic E-state index is 14.7. The third kappa shape index (κ3) is 6.36. The molecule has 3 rings (SSSR count). The molecule has 38 heavy (non-hydrogen) atoms. The van der Waals surface area contributed by atoms with E-state index in [9.17, 15) is 35.9 Å². The fourth-order valence-corrected chi connectivity index (χ4v) is 4.67. The number of carbonyl (C=O) groups is 2. The molecule has 1 aliphatic rings. The number of nitrogens with zero attached hydrogens (tertiary/aromatic N) is 1. The molecule has 1 fully saturated rings. The lowest BCUT2D eigenvalue weighted by Gasteiger charge is -2.43. The number of para-hydroxylation sites is 1. The van der Waals surface area contributed by atoms with Crippen molar-refractivity contribution in [3.63, 3.8) is 0 Å². The number of halogens is 6. The molecule has 0 saturated heterocycles. The number of amides is 2. The molecule has 0 unspecified atom stereocenters. The topological polar surface area (TPSA) is 70.6 Å². The molecule has 2 aromatic carbocycles. The van der Waals surface area contributed by atoms with Crippen molar-refractivity contribution in [2.75, 3.05) is 5.32 Å². The van der Waals surface area contributed by atoms with Crippen LogP contribution in [-0.2, 0) is 4.79 Å². The summed E-state index contributed by atoms with van der Waals surface area (Å²) in [5.74, 6) is -6.14. The van der Waals surface area contributed by atoms with E-state index in [0.29, 0.717) is 18.4 Å². The van der Waals surface area contributed by atoms with Crippen LogP contribution in [0.5, 0.6) is 0 Å². The highest BCUT2D eigenvalue weighted by atomic mass is 19.4. The summed E-state index contributed by atoms with van der Waals surface area (Å²) in [6.45, 7) is 2.63. The Labute approximate surface area is 216 Å². The number of hydrogen-bond donors (Lipinski definition) is 2. The molecule has 0 bridgehead atoms. The number of rotatable bonds is 7. The van der Waals surface area contributed by atoms with Crippen LogP contribution in [0.25, 0.3) is 0 Å². The zero-order valence-corrected chi connectivity index (χ0v) is 20.9. The zero-order valence-electron chi connectivity index (χ0n) is 20.9. The first-order valence-electron chi connectivity index (χ1n) is 12.2. The molecule has 0 spiro atoms. The van der Waals surface area contributed by atoms with Crippen LogP contribution in [-0.4, -0.2) is 41.5 Å². The van der Waals surface area contributed by atoms with Gasteiger partial charge in [0.05, 0.1) is 0 Å². The largest absolute Gasteiger partial charge is 0.421 e. The Hall–Kier alpha value is -3.37. The molecule has 2 N–H and O–H groups in total. The Morgan fingerprint density at radius 2 is 1.42 bits per heavy atom. The van der Waals surface area contributed by atoms with E-state index in [1.807, 2.05) is 0 Å². The van der Waals surface area contributed by atoms with Gasteiger partial charge in [0.25, 0.3) is 5.91 Å². The number of hydrogen-bond acceptors (Lipinski definition) is 3. The average molecular weight is 542 g/mol. The fraction of sp³-hybridized carbons (Fsp3) is 0.444.